The maximum absolute atomic E-state index is 8.63. The Morgan fingerprint density at radius 3 is 2.05 bits per heavy atom. The number of aromatic hydroxyl groups is 1. The largest absolute Gasteiger partial charge is 0.508 e. The number of phenolic OH excluding ortho intramolecular Hbond substituents is 1. The van der Waals surface area contributed by atoms with Crippen LogP contribution in [0.25, 0.3) is 0 Å². The highest BCUT2D eigenvalue weighted by Crippen LogP contribution is 2.27. The summed E-state index contributed by atoms with van der Waals surface area (Å²) in [7, 11) is 0. The highest BCUT2D eigenvalue weighted by atomic mass is 16.3. The van der Waals surface area contributed by atoms with E-state index < -0.39 is 0 Å². The Morgan fingerprint density at radius 2 is 1.55 bits per heavy atom. The molecule has 0 bridgehead atoms. The maximum atomic E-state index is 8.63. The van der Waals surface area contributed by atoms with E-state index in [0.29, 0.717) is 5.75 Å². The SMILES string of the molecule is CCCCCCC1CCCCCC1.Oc1ccccc1. The van der Waals surface area contributed by atoms with Crippen molar-refractivity contribution in [2.75, 3.05) is 0 Å². The highest BCUT2D eigenvalue weighted by molar-refractivity contribution is 5.18. The zero-order chi connectivity index (χ0) is 14.5. The van der Waals surface area contributed by atoms with Crippen LogP contribution in [0.4, 0.5) is 0 Å². The van der Waals surface area contributed by atoms with Crippen LogP contribution >= 0.6 is 0 Å². The average molecular weight is 276 g/mol. The predicted molar refractivity (Wildman–Crippen MR) is 88.1 cm³/mol. The van der Waals surface area contributed by atoms with Crippen molar-refractivity contribution >= 4 is 0 Å². The topological polar surface area (TPSA) is 20.2 Å². The quantitative estimate of drug-likeness (QED) is 0.493. The molecule has 2 rings (SSSR count). The van der Waals surface area contributed by atoms with E-state index in [2.05, 4.69) is 6.92 Å². The first-order valence-corrected chi connectivity index (χ1v) is 8.57. The molecule has 1 fully saturated rings. The Bertz CT molecular complexity index is 299. The summed E-state index contributed by atoms with van der Waals surface area (Å²) in [6, 6.07) is 8.71. The summed E-state index contributed by atoms with van der Waals surface area (Å²) >= 11 is 0. The number of hydrogen-bond acceptors (Lipinski definition) is 1. The second-order valence-corrected chi connectivity index (χ2v) is 6.04. The molecule has 1 aromatic carbocycles. The molecule has 1 saturated carbocycles. The van der Waals surface area contributed by atoms with Gasteiger partial charge in [0.15, 0.2) is 0 Å². The first-order chi connectivity index (χ1) is 9.83. The van der Waals surface area contributed by atoms with Crippen LogP contribution in [0.5, 0.6) is 5.75 Å². The van der Waals surface area contributed by atoms with Crippen LogP contribution in [0, 0.1) is 5.92 Å². The lowest BCUT2D eigenvalue weighted by Crippen LogP contribution is -1.98. The molecule has 0 heterocycles. The molecule has 114 valence electrons. The van der Waals surface area contributed by atoms with Crippen LogP contribution in [-0.2, 0) is 0 Å². The molecule has 0 radical (unpaired) electrons. The fourth-order valence-electron chi connectivity index (χ4n) is 2.94. The van der Waals surface area contributed by atoms with Gasteiger partial charge in [-0.2, -0.15) is 0 Å². The average Bonchev–Trinajstić information content (AvgIpc) is 2.74. The van der Waals surface area contributed by atoms with Gasteiger partial charge >= 0.3 is 0 Å². The summed E-state index contributed by atoms with van der Waals surface area (Å²) in [6.45, 7) is 2.30. The third-order valence-corrected chi connectivity index (χ3v) is 4.20. The van der Waals surface area contributed by atoms with Crippen molar-refractivity contribution in [2.24, 2.45) is 5.92 Å². The van der Waals surface area contributed by atoms with E-state index in [1.165, 1.54) is 70.6 Å². The minimum Gasteiger partial charge on any atom is -0.508 e. The summed E-state index contributed by atoms with van der Waals surface area (Å²) in [5.41, 5.74) is 0. The normalized spacial score (nSPS) is 16.1. The molecule has 0 atom stereocenters. The minimum atomic E-state index is 0.322. The maximum Gasteiger partial charge on any atom is 0.115 e. The summed E-state index contributed by atoms with van der Waals surface area (Å²) in [6.07, 6.45) is 16.4. The fraction of sp³-hybridized carbons (Fsp3) is 0.684. The smallest absolute Gasteiger partial charge is 0.115 e. The van der Waals surface area contributed by atoms with Crippen LogP contribution in [0.3, 0.4) is 0 Å². The van der Waals surface area contributed by atoms with Gasteiger partial charge in [-0.25, -0.2) is 0 Å². The lowest BCUT2D eigenvalue weighted by molar-refractivity contribution is 0.406. The van der Waals surface area contributed by atoms with Crippen LogP contribution < -0.4 is 0 Å². The lowest BCUT2D eigenvalue weighted by atomic mass is 9.94. The van der Waals surface area contributed by atoms with Gasteiger partial charge in [-0.1, -0.05) is 95.8 Å². The summed E-state index contributed by atoms with van der Waals surface area (Å²) in [5, 5.41) is 8.63. The predicted octanol–water partition coefficient (Wildman–Crippen LogP) is 6.32. The molecule has 0 spiro atoms. The molecule has 0 saturated heterocycles. The van der Waals surface area contributed by atoms with Crippen LogP contribution in [0.15, 0.2) is 30.3 Å². The second kappa shape index (κ2) is 11.8. The van der Waals surface area contributed by atoms with Crippen molar-refractivity contribution in [2.45, 2.75) is 77.6 Å². The van der Waals surface area contributed by atoms with Crippen molar-refractivity contribution in [3.63, 3.8) is 0 Å². The van der Waals surface area contributed by atoms with Crippen molar-refractivity contribution in [1.82, 2.24) is 0 Å². The van der Waals surface area contributed by atoms with E-state index >= 15 is 0 Å². The molecule has 20 heavy (non-hydrogen) atoms. The molecule has 1 aliphatic carbocycles. The standard InChI is InChI=1S/C13H26.C6H6O/c1-2-3-4-7-10-13-11-8-5-6-9-12-13;7-6-4-2-1-3-5-6/h13H,2-12H2,1H3;1-5,7H. The molecule has 1 nitrogen and oxygen atoms in total. The molecule has 1 heteroatoms. The van der Waals surface area contributed by atoms with E-state index in [1.54, 1.807) is 24.3 Å². The van der Waals surface area contributed by atoms with Gasteiger partial charge in [-0.15, -0.1) is 0 Å². The van der Waals surface area contributed by atoms with E-state index in [0.717, 1.165) is 5.92 Å². The van der Waals surface area contributed by atoms with E-state index in [9.17, 15) is 0 Å². The lowest BCUT2D eigenvalue weighted by Gasteiger charge is -2.12. The molecule has 0 aromatic heterocycles. The first kappa shape index (κ1) is 17.1. The molecule has 1 N–H and O–H groups in total. The second-order valence-electron chi connectivity index (χ2n) is 6.04. The van der Waals surface area contributed by atoms with Crippen LogP contribution in [0.1, 0.15) is 77.6 Å². The summed E-state index contributed by atoms with van der Waals surface area (Å²) in [5.74, 6) is 1.42. The van der Waals surface area contributed by atoms with Crippen molar-refractivity contribution in [3.05, 3.63) is 30.3 Å². The van der Waals surface area contributed by atoms with Gasteiger partial charge in [0, 0.05) is 0 Å². The number of para-hydroxylation sites is 1. The number of unbranched alkanes of at least 4 members (excludes halogenated alkanes) is 3. The molecule has 0 aliphatic heterocycles. The van der Waals surface area contributed by atoms with Crippen LogP contribution in [-0.4, -0.2) is 5.11 Å². The van der Waals surface area contributed by atoms with E-state index in [4.69, 9.17) is 5.11 Å². The van der Waals surface area contributed by atoms with Gasteiger partial charge < -0.3 is 5.11 Å². The Kier molecular flexibility index (Phi) is 10.1. The zero-order valence-electron chi connectivity index (χ0n) is 13.2. The van der Waals surface area contributed by atoms with Crippen molar-refractivity contribution in [1.29, 1.82) is 0 Å². The van der Waals surface area contributed by atoms with Gasteiger partial charge in [-0.3, -0.25) is 0 Å². The van der Waals surface area contributed by atoms with E-state index in [1.807, 2.05) is 6.07 Å². The molecule has 1 aromatic rings. The summed E-state index contributed by atoms with van der Waals surface area (Å²) in [4.78, 5) is 0. The molecule has 0 amide bonds. The zero-order valence-corrected chi connectivity index (χ0v) is 13.2. The molecule has 0 unspecified atom stereocenters. The molecular formula is C19H32O. The van der Waals surface area contributed by atoms with Crippen molar-refractivity contribution < 1.29 is 5.11 Å². The fourth-order valence-corrected chi connectivity index (χ4v) is 2.94. The van der Waals surface area contributed by atoms with Crippen LogP contribution in [0.2, 0.25) is 0 Å². The van der Waals surface area contributed by atoms with Gasteiger partial charge in [0.05, 0.1) is 0 Å². The van der Waals surface area contributed by atoms with Gasteiger partial charge in [0.25, 0.3) is 0 Å². The minimum absolute atomic E-state index is 0.322. The molecule has 1 aliphatic rings. The monoisotopic (exact) mass is 276 g/mol. The third kappa shape index (κ3) is 9.01. The Balaban J connectivity index is 0.000000240. The Morgan fingerprint density at radius 1 is 0.900 bits per heavy atom. The van der Waals surface area contributed by atoms with Crippen molar-refractivity contribution in [3.8, 4) is 5.75 Å². The first-order valence-electron chi connectivity index (χ1n) is 8.57. The Hall–Kier alpha value is -0.980. The number of phenols is 1. The highest BCUT2D eigenvalue weighted by Gasteiger charge is 2.10. The van der Waals surface area contributed by atoms with Gasteiger partial charge in [0.1, 0.15) is 5.75 Å². The molecular weight excluding hydrogens is 244 g/mol. The number of rotatable bonds is 5. The third-order valence-electron chi connectivity index (χ3n) is 4.20. The van der Waals surface area contributed by atoms with E-state index in [-0.39, 0.29) is 0 Å². The van der Waals surface area contributed by atoms with Gasteiger partial charge in [0.2, 0.25) is 0 Å². The summed E-state index contributed by atoms with van der Waals surface area (Å²) < 4.78 is 0. The van der Waals surface area contributed by atoms with Gasteiger partial charge in [-0.05, 0) is 18.1 Å². The Labute approximate surface area is 125 Å². The number of hydrogen-bond donors (Lipinski definition) is 1. The number of benzene rings is 1.